The number of aliphatic imine (C=N–C) groups is 1. The number of phenolic OH excluding ortho intramolecular Hbond substituents is 2. The van der Waals surface area contributed by atoms with Crippen molar-refractivity contribution >= 4 is 11.9 Å². The molecule has 104 valence electrons. The van der Waals surface area contributed by atoms with Gasteiger partial charge in [0.1, 0.15) is 11.5 Å². The third-order valence-corrected chi connectivity index (χ3v) is 2.39. The lowest BCUT2D eigenvalue weighted by Gasteiger charge is -2.06. The van der Waals surface area contributed by atoms with Crippen LogP contribution in [-0.4, -0.2) is 35.2 Å². The van der Waals surface area contributed by atoms with Gasteiger partial charge in [0.2, 0.25) is 0 Å². The zero-order valence-corrected chi connectivity index (χ0v) is 10.5. The van der Waals surface area contributed by atoms with Crippen LogP contribution in [0.4, 0.5) is 0 Å². The van der Waals surface area contributed by atoms with Gasteiger partial charge in [0.25, 0.3) is 5.91 Å². The van der Waals surface area contributed by atoms with Gasteiger partial charge in [-0.25, -0.2) is 0 Å². The Morgan fingerprint density at radius 1 is 1.26 bits per heavy atom. The van der Waals surface area contributed by atoms with E-state index in [0.29, 0.717) is 13.1 Å². The van der Waals surface area contributed by atoms with Crippen LogP contribution in [0.2, 0.25) is 0 Å². The van der Waals surface area contributed by atoms with Crippen LogP contribution < -0.4 is 16.8 Å². The van der Waals surface area contributed by atoms with Gasteiger partial charge in [-0.3, -0.25) is 9.79 Å². The Labute approximate surface area is 110 Å². The van der Waals surface area contributed by atoms with Crippen LogP contribution in [-0.2, 0) is 0 Å². The number of guanidine groups is 1. The predicted molar refractivity (Wildman–Crippen MR) is 72.0 cm³/mol. The van der Waals surface area contributed by atoms with Crippen LogP contribution in [0.3, 0.4) is 0 Å². The molecular weight excluding hydrogens is 248 g/mol. The van der Waals surface area contributed by atoms with E-state index in [2.05, 4.69) is 10.3 Å². The second kappa shape index (κ2) is 7.10. The number of aromatic hydroxyl groups is 2. The lowest BCUT2D eigenvalue weighted by atomic mass is 10.1. The van der Waals surface area contributed by atoms with E-state index in [1.807, 2.05) is 0 Å². The number of rotatable bonds is 6. The fourth-order valence-corrected chi connectivity index (χ4v) is 1.45. The summed E-state index contributed by atoms with van der Waals surface area (Å²) < 4.78 is 0. The van der Waals surface area contributed by atoms with Crippen LogP contribution in [0.5, 0.6) is 11.5 Å². The summed E-state index contributed by atoms with van der Waals surface area (Å²) in [5.74, 6) is -0.679. The summed E-state index contributed by atoms with van der Waals surface area (Å²) in [6, 6.07) is 3.82. The molecular formula is C12H18N4O3. The third kappa shape index (κ3) is 5.15. The van der Waals surface area contributed by atoms with Crippen molar-refractivity contribution in [3.8, 4) is 11.5 Å². The Hall–Kier alpha value is -2.44. The summed E-state index contributed by atoms with van der Waals surface area (Å²) in [5.41, 5.74) is 10.5. The van der Waals surface area contributed by atoms with Gasteiger partial charge in [-0.05, 0) is 25.0 Å². The largest absolute Gasteiger partial charge is 0.508 e. The molecule has 1 amide bonds. The molecule has 0 fully saturated rings. The molecule has 7 heteroatoms. The van der Waals surface area contributed by atoms with E-state index in [1.54, 1.807) is 0 Å². The number of hydrogen-bond acceptors (Lipinski definition) is 4. The molecule has 0 aliphatic carbocycles. The van der Waals surface area contributed by atoms with E-state index >= 15 is 0 Å². The van der Waals surface area contributed by atoms with Gasteiger partial charge in [0.15, 0.2) is 5.96 Å². The van der Waals surface area contributed by atoms with Crippen LogP contribution >= 0.6 is 0 Å². The molecule has 19 heavy (non-hydrogen) atoms. The molecule has 0 atom stereocenters. The van der Waals surface area contributed by atoms with E-state index in [-0.39, 0.29) is 28.9 Å². The standard InChI is InChI=1S/C12H18N4O3/c13-12(14)16-6-2-1-5-15-11(19)9-4-3-8(17)7-10(9)18/h3-4,7,17-18H,1-2,5-6H2,(H,15,19)(H4,13,14,16). The van der Waals surface area contributed by atoms with Crippen molar-refractivity contribution in [2.24, 2.45) is 16.5 Å². The van der Waals surface area contributed by atoms with Crippen molar-refractivity contribution in [2.45, 2.75) is 12.8 Å². The highest BCUT2D eigenvalue weighted by Crippen LogP contribution is 2.22. The minimum absolute atomic E-state index is 0.0538. The number of hydrogen-bond donors (Lipinski definition) is 5. The first-order valence-electron chi connectivity index (χ1n) is 5.86. The molecule has 0 aliphatic heterocycles. The van der Waals surface area contributed by atoms with Gasteiger partial charge in [-0.2, -0.15) is 0 Å². The van der Waals surface area contributed by atoms with E-state index in [9.17, 15) is 9.90 Å². The molecule has 7 N–H and O–H groups in total. The zero-order chi connectivity index (χ0) is 14.3. The maximum absolute atomic E-state index is 11.7. The molecule has 0 unspecified atom stereocenters. The van der Waals surface area contributed by atoms with Crippen molar-refractivity contribution in [3.05, 3.63) is 23.8 Å². The topological polar surface area (TPSA) is 134 Å². The normalized spacial score (nSPS) is 9.89. The Kier molecular flexibility index (Phi) is 5.46. The Balaban J connectivity index is 2.33. The highest BCUT2D eigenvalue weighted by atomic mass is 16.3. The van der Waals surface area contributed by atoms with Gasteiger partial charge >= 0.3 is 0 Å². The fourth-order valence-electron chi connectivity index (χ4n) is 1.45. The lowest BCUT2D eigenvalue weighted by Crippen LogP contribution is -2.25. The molecule has 0 saturated carbocycles. The second-order valence-corrected chi connectivity index (χ2v) is 3.97. The Morgan fingerprint density at radius 2 is 2.00 bits per heavy atom. The summed E-state index contributed by atoms with van der Waals surface area (Å²) in [4.78, 5) is 15.5. The van der Waals surface area contributed by atoms with Gasteiger partial charge in [-0.1, -0.05) is 0 Å². The van der Waals surface area contributed by atoms with Crippen molar-refractivity contribution in [3.63, 3.8) is 0 Å². The van der Waals surface area contributed by atoms with Crippen LogP contribution in [0.1, 0.15) is 23.2 Å². The average molecular weight is 266 g/mol. The quantitative estimate of drug-likeness (QED) is 0.278. The van der Waals surface area contributed by atoms with E-state index in [0.717, 1.165) is 18.9 Å². The molecule has 0 heterocycles. The minimum Gasteiger partial charge on any atom is -0.508 e. The van der Waals surface area contributed by atoms with Gasteiger partial charge in [-0.15, -0.1) is 0 Å². The summed E-state index contributed by atoms with van der Waals surface area (Å²) >= 11 is 0. The first-order valence-corrected chi connectivity index (χ1v) is 5.86. The molecule has 0 aliphatic rings. The zero-order valence-electron chi connectivity index (χ0n) is 10.5. The first-order chi connectivity index (χ1) is 9.00. The maximum Gasteiger partial charge on any atom is 0.255 e. The highest BCUT2D eigenvalue weighted by molar-refractivity contribution is 5.96. The van der Waals surface area contributed by atoms with Gasteiger partial charge in [0, 0.05) is 19.2 Å². The minimum atomic E-state index is -0.389. The predicted octanol–water partition coefficient (Wildman–Crippen LogP) is -0.119. The van der Waals surface area contributed by atoms with E-state index in [4.69, 9.17) is 16.6 Å². The molecule has 0 spiro atoms. The van der Waals surface area contributed by atoms with Crippen LogP contribution in [0.15, 0.2) is 23.2 Å². The summed E-state index contributed by atoms with van der Waals surface area (Å²) in [6.45, 7) is 0.974. The summed E-state index contributed by atoms with van der Waals surface area (Å²) in [6.07, 6.45) is 1.47. The highest BCUT2D eigenvalue weighted by Gasteiger charge is 2.10. The van der Waals surface area contributed by atoms with Gasteiger partial charge in [0.05, 0.1) is 5.56 Å². The number of nitrogens with zero attached hydrogens (tertiary/aromatic N) is 1. The summed E-state index contributed by atoms with van der Waals surface area (Å²) in [7, 11) is 0. The van der Waals surface area contributed by atoms with E-state index < -0.39 is 0 Å². The molecule has 0 bridgehead atoms. The molecule has 7 nitrogen and oxygen atoms in total. The molecule has 0 saturated heterocycles. The van der Waals surface area contributed by atoms with Crippen molar-refractivity contribution in [1.29, 1.82) is 0 Å². The second-order valence-electron chi connectivity index (χ2n) is 3.97. The molecule has 1 rings (SSSR count). The number of nitrogens with one attached hydrogen (secondary N) is 1. The van der Waals surface area contributed by atoms with Crippen LogP contribution in [0, 0.1) is 0 Å². The first kappa shape index (κ1) is 14.6. The van der Waals surface area contributed by atoms with Crippen molar-refractivity contribution in [2.75, 3.05) is 13.1 Å². The van der Waals surface area contributed by atoms with Crippen molar-refractivity contribution < 1.29 is 15.0 Å². The van der Waals surface area contributed by atoms with E-state index in [1.165, 1.54) is 12.1 Å². The molecule has 0 radical (unpaired) electrons. The number of carbonyl (C=O) groups is 1. The SMILES string of the molecule is NC(N)=NCCCCNC(=O)c1ccc(O)cc1O. The number of phenols is 2. The number of unbranched alkanes of at least 4 members (excludes halogenated alkanes) is 1. The fraction of sp³-hybridized carbons (Fsp3) is 0.333. The van der Waals surface area contributed by atoms with Gasteiger partial charge < -0.3 is 27.0 Å². The lowest BCUT2D eigenvalue weighted by molar-refractivity contribution is 0.0950. The Bertz CT molecular complexity index is 470. The number of amides is 1. The number of benzene rings is 1. The average Bonchev–Trinajstić information content (AvgIpc) is 2.32. The maximum atomic E-state index is 11.7. The molecule has 1 aromatic rings. The molecule has 0 aromatic heterocycles. The Morgan fingerprint density at radius 3 is 2.63 bits per heavy atom. The van der Waals surface area contributed by atoms with Crippen LogP contribution in [0.25, 0.3) is 0 Å². The smallest absolute Gasteiger partial charge is 0.255 e. The number of nitrogens with two attached hydrogens (primary N) is 2. The monoisotopic (exact) mass is 266 g/mol. The third-order valence-electron chi connectivity index (χ3n) is 2.39. The number of carbonyl (C=O) groups excluding carboxylic acids is 1. The molecule has 1 aromatic carbocycles. The van der Waals surface area contributed by atoms with Crippen molar-refractivity contribution in [1.82, 2.24) is 5.32 Å². The summed E-state index contributed by atoms with van der Waals surface area (Å²) in [5, 5.41) is 21.3.